The molecule has 0 heterocycles. The zero-order chi connectivity index (χ0) is 14.6. The fraction of sp³-hybridized carbons (Fsp3) is 0.538. The van der Waals surface area contributed by atoms with Crippen LogP contribution in [-0.4, -0.2) is 24.5 Å². The van der Waals surface area contributed by atoms with Crippen LogP contribution < -0.4 is 5.73 Å². The molecule has 0 amide bonds. The van der Waals surface area contributed by atoms with Crippen molar-refractivity contribution in [3.63, 3.8) is 0 Å². The van der Waals surface area contributed by atoms with Gasteiger partial charge in [-0.3, -0.25) is 4.90 Å². The van der Waals surface area contributed by atoms with E-state index in [1.807, 2.05) is 18.7 Å². The lowest BCUT2D eigenvalue weighted by atomic mass is 10.0. The summed E-state index contributed by atoms with van der Waals surface area (Å²) in [5, 5.41) is 0. The Morgan fingerprint density at radius 3 is 2.21 bits per heavy atom. The molecule has 6 heteroatoms. The van der Waals surface area contributed by atoms with E-state index in [9.17, 15) is 17.6 Å². The van der Waals surface area contributed by atoms with Crippen molar-refractivity contribution in [1.82, 2.24) is 4.90 Å². The van der Waals surface area contributed by atoms with Crippen LogP contribution in [0.2, 0.25) is 0 Å². The van der Waals surface area contributed by atoms with Crippen LogP contribution >= 0.6 is 0 Å². The molecule has 1 aromatic rings. The van der Waals surface area contributed by atoms with Crippen molar-refractivity contribution < 1.29 is 17.6 Å². The van der Waals surface area contributed by atoms with Crippen LogP contribution in [0.1, 0.15) is 31.0 Å². The van der Waals surface area contributed by atoms with Gasteiger partial charge in [0.15, 0.2) is 0 Å². The predicted molar refractivity (Wildman–Crippen MR) is 66.1 cm³/mol. The number of hydrogen-bond acceptors (Lipinski definition) is 2. The first-order valence-electron chi connectivity index (χ1n) is 6.15. The largest absolute Gasteiger partial charge is 0.419 e. The maximum atomic E-state index is 13.2. The van der Waals surface area contributed by atoms with Gasteiger partial charge in [0.2, 0.25) is 0 Å². The standard InChI is InChI=1S/C13H18F4N2/c1-3-19(4-2)12(8-18)9-5-6-11(14)10(7-9)13(15,16)17/h5-7,12H,3-4,8,18H2,1-2H3. The summed E-state index contributed by atoms with van der Waals surface area (Å²) in [6.45, 7) is 5.32. The summed E-state index contributed by atoms with van der Waals surface area (Å²) in [4.78, 5) is 1.94. The first-order chi connectivity index (χ1) is 8.85. The van der Waals surface area contributed by atoms with Crippen LogP contribution in [-0.2, 0) is 6.18 Å². The molecule has 0 saturated heterocycles. The maximum Gasteiger partial charge on any atom is 0.419 e. The Balaban J connectivity index is 3.19. The van der Waals surface area contributed by atoms with E-state index in [2.05, 4.69) is 0 Å². The quantitative estimate of drug-likeness (QED) is 0.838. The molecule has 0 aliphatic carbocycles. The lowest BCUT2D eigenvalue weighted by Crippen LogP contribution is -2.33. The molecule has 1 unspecified atom stereocenters. The Bertz CT molecular complexity index is 414. The number of rotatable bonds is 5. The van der Waals surface area contributed by atoms with Gasteiger partial charge in [-0.15, -0.1) is 0 Å². The topological polar surface area (TPSA) is 29.3 Å². The van der Waals surface area contributed by atoms with Gasteiger partial charge in [0.25, 0.3) is 0 Å². The van der Waals surface area contributed by atoms with Crippen molar-refractivity contribution in [2.75, 3.05) is 19.6 Å². The van der Waals surface area contributed by atoms with Gasteiger partial charge in [-0.2, -0.15) is 13.2 Å². The molecule has 1 aromatic carbocycles. The molecule has 2 N–H and O–H groups in total. The van der Waals surface area contributed by atoms with Crippen LogP contribution in [0.15, 0.2) is 18.2 Å². The van der Waals surface area contributed by atoms with E-state index in [0.717, 1.165) is 12.1 Å². The predicted octanol–water partition coefficient (Wildman–Crippen LogP) is 3.19. The molecule has 19 heavy (non-hydrogen) atoms. The molecular formula is C13H18F4N2. The minimum atomic E-state index is -4.69. The van der Waals surface area contributed by atoms with Gasteiger partial charge >= 0.3 is 6.18 Å². The Morgan fingerprint density at radius 2 is 1.79 bits per heavy atom. The summed E-state index contributed by atoms with van der Waals surface area (Å²) in [5.41, 5.74) is 4.79. The zero-order valence-corrected chi connectivity index (χ0v) is 11.0. The SMILES string of the molecule is CCN(CC)C(CN)c1ccc(F)c(C(F)(F)F)c1. The highest BCUT2D eigenvalue weighted by Crippen LogP contribution is 2.33. The molecule has 0 bridgehead atoms. The number of alkyl halides is 3. The monoisotopic (exact) mass is 278 g/mol. The number of hydrogen-bond donors (Lipinski definition) is 1. The summed E-state index contributed by atoms with van der Waals surface area (Å²) in [7, 11) is 0. The summed E-state index contributed by atoms with van der Waals surface area (Å²) in [6.07, 6.45) is -4.69. The fourth-order valence-electron chi connectivity index (χ4n) is 2.13. The minimum Gasteiger partial charge on any atom is -0.329 e. The van der Waals surface area contributed by atoms with Gasteiger partial charge in [0, 0.05) is 12.6 Å². The van der Waals surface area contributed by atoms with E-state index in [1.54, 1.807) is 0 Å². The lowest BCUT2D eigenvalue weighted by Gasteiger charge is -2.29. The van der Waals surface area contributed by atoms with E-state index in [0.29, 0.717) is 18.7 Å². The van der Waals surface area contributed by atoms with Crippen molar-refractivity contribution >= 4 is 0 Å². The van der Waals surface area contributed by atoms with E-state index in [1.165, 1.54) is 6.07 Å². The van der Waals surface area contributed by atoms with Crippen LogP contribution in [0.3, 0.4) is 0 Å². The van der Waals surface area contributed by atoms with Crippen molar-refractivity contribution in [2.45, 2.75) is 26.1 Å². The Labute approximate surface area is 110 Å². The lowest BCUT2D eigenvalue weighted by molar-refractivity contribution is -0.140. The molecule has 0 spiro atoms. The van der Waals surface area contributed by atoms with Gasteiger partial charge in [-0.1, -0.05) is 19.9 Å². The second-order valence-electron chi connectivity index (χ2n) is 4.21. The summed E-state index contributed by atoms with van der Waals surface area (Å²) in [6, 6.07) is 2.73. The molecule has 1 atom stereocenters. The highest BCUT2D eigenvalue weighted by Gasteiger charge is 2.35. The summed E-state index contributed by atoms with van der Waals surface area (Å²) in [5.74, 6) is -1.26. The normalized spacial score (nSPS) is 13.9. The van der Waals surface area contributed by atoms with Gasteiger partial charge in [-0.05, 0) is 30.8 Å². The van der Waals surface area contributed by atoms with Crippen molar-refractivity contribution in [3.05, 3.63) is 35.1 Å². The highest BCUT2D eigenvalue weighted by atomic mass is 19.4. The van der Waals surface area contributed by atoms with Crippen molar-refractivity contribution in [2.24, 2.45) is 5.73 Å². The number of nitrogens with zero attached hydrogens (tertiary/aromatic N) is 1. The average molecular weight is 278 g/mol. The third-order valence-electron chi connectivity index (χ3n) is 3.16. The van der Waals surface area contributed by atoms with Gasteiger partial charge < -0.3 is 5.73 Å². The van der Waals surface area contributed by atoms with Gasteiger partial charge in [0.1, 0.15) is 5.82 Å². The number of likely N-dealkylation sites (N-methyl/N-ethyl adjacent to an activating group) is 1. The molecule has 2 nitrogen and oxygen atoms in total. The van der Waals surface area contributed by atoms with E-state index < -0.39 is 17.6 Å². The maximum absolute atomic E-state index is 13.2. The molecule has 0 aromatic heterocycles. The Morgan fingerprint density at radius 1 is 1.21 bits per heavy atom. The minimum absolute atomic E-state index is 0.185. The second kappa shape index (κ2) is 6.34. The number of nitrogens with two attached hydrogens (primary N) is 1. The van der Waals surface area contributed by atoms with Crippen LogP contribution in [0, 0.1) is 5.82 Å². The molecule has 0 aliphatic rings. The van der Waals surface area contributed by atoms with Crippen molar-refractivity contribution in [3.8, 4) is 0 Å². The number of halogens is 4. The number of benzene rings is 1. The molecule has 0 aliphatic heterocycles. The van der Waals surface area contributed by atoms with Crippen LogP contribution in [0.5, 0.6) is 0 Å². The van der Waals surface area contributed by atoms with Crippen LogP contribution in [0.4, 0.5) is 17.6 Å². The molecular weight excluding hydrogens is 260 g/mol. The van der Waals surface area contributed by atoms with E-state index in [-0.39, 0.29) is 12.6 Å². The summed E-state index contributed by atoms with van der Waals surface area (Å²) < 4.78 is 51.3. The van der Waals surface area contributed by atoms with Crippen LogP contribution in [0.25, 0.3) is 0 Å². The third-order valence-corrected chi connectivity index (χ3v) is 3.16. The van der Waals surface area contributed by atoms with E-state index >= 15 is 0 Å². The van der Waals surface area contributed by atoms with Gasteiger partial charge in [0.05, 0.1) is 5.56 Å². The Kier molecular flexibility index (Phi) is 5.31. The molecule has 1 rings (SSSR count). The third kappa shape index (κ3) is 3.67. The fourth-order valence-corrected chi connectivity index (χ4v) is 2.13. The summed E-state index contributed by atoms with van der Waals surface area (Å²) >= 11 is 0. The molecule has 108 valence electrons. The zero-order valence-electron chi connectivity index (χ0n) is 11.0. The molecule has 0 saturated carbocycles. The Hall–Kier alpha value is -1.14. The first kappa shape index (κ1) is 15.9. The first-order valence-corrected chi connectivity index (χ1v) is 6.15. The smallest absolute Gasteiger partial charge is 0.329 e. The molecule has 0 radical (unpaired) electrons. The van der Waals surface area contributed by atoms with Gasteiger partial charge in [-0.25, -0.2) is 4.39 Å². The van der Waals surface area contributed by atoms with Crippen molar-refractivity contribution in [1.29, 1.82) is 0 Å². The average Bonchev–Trinajstić information content (AvgIpc) is 2.35. The molecule has 0 fully saturated rings. The second-order valence-corrected chi connectivity index (χ2v) is 4.21. The highest BCUT2D eigenvalue weighted by molar-refractivity contribution is 5.29. The van der Waals surface area contributed by atoms with E-state index in [4.69, 9.17) is 5.73 Å².